The van der Waals surface area contributed by atoms with Gasteiger partial charge in [-0.15, -0.1) is 0 Å². The topological polar surface area (TPSA) is 38.3 Å². The largest absolute Gasteiger partial charge is 0.369 e. The molecule has 0 radical (unpaired) electrons. The molecule has 1 N–H and O–H groups in total. The summed E-state index contributed by atoms with van der Waals surface area (Å²) < 4.78 is 5.16. The molecule has 0 fully saturated rings. The van der Waals surface area contributed by atoms with Gasteiger partial charge in [-0.1, -0.05) is 23.2 Å². The average molecular weight is 262 g/mol. The standard InChI is InChI=1S/C11H13Cl2NO2/c1-7(2)16-6-11(15)14-8-3-4-9(12)10(13)5-8/h3-5,7H,6H2,1-2H3,(H,14,15). The first-order chi connectivity index (χ1) is 7.49. The van der Waals surface area contributed by atoms with Crippen LogP contribution in [0.15, 0.2) is 18.2 Å². The zero-order chi connectivity index (χ0) is 12.1. The van der Waals surface area contributed by atoms with Crippen molar-refractivity contribution in [1.29, 1.82) is 0 Å². The van der Waals surface area contributed by atoms with Crippen LogP contribution in [-0.4, -0.2) is 18.6 Å². The summed E-state index contributed by atoms with van der Waals surface area (Å²) in [4.78, 5) is 11.4. The molecular weight excluding hydrogens is 249 g/mol. The van der Waals surface area contributed by atoms with Crippen molar-refractivity contribution in [3.63, 3.8) is 0 Å². The third kappa shape index (κ3) is 4.39. The lowest BCUT2D eigenvalue weighted by Crippen LogP contribution is -2.20. The van der Waals surface area contributed by atoms with Gasteiger partial charge in [-0.05, 0) is 32.0 Å². The fourth-order valence-electron chi connectivity index (χ4n) is 1.01. The van der Waals surface area contributed by atoms with E-state index >= 15 is 0 Å². The van der Waals surface area contributed by atoms with Crippen LogP contribution >= 0.6 is 23.2 Å². The normalized spacial score (nSPS) is 10.6. The van der Waals surface area contributed by atoms with Gasteiger partial charge in [0.05, 0.1) is 16.1 Å². The van der Waals surface area contributed by atoms with Crippen LogP contribution in [0.4, 0.5) is 5.69 Å². The molecule has 0 bridgehead atoms. The molecule has 0 unspecified atom stereocenters. The maximum absolute atomic E-state index is 11.4. The first kappa shape index (κ1) is 13.3. The van der Waals surface area contributed by atoms with Gasteiger partial charge in [0.15, 0.2) is 0 Å². The quantitative estimate of drug-likeness (QED) is 0.903. The van der Waals surface area contributed by atoms with Crippen LogP contribution in [0, 0.1) is 0 Å². The van der Waals surface area contributed by atoms with E-state index < -0.39 is 0 Å². The summed E-state index contributed by atoms with van der Waals surface area (Å²) in [5.74, 6) is -0.216. The van der Waals surface area contributed by atoms with Gasteiger partial charge in [-0.3, -0.25) is 4.79 Å². The molecule has 5 heteroatoms. The number of carbonyl (C=O) groups excluding carboxylic acids is 1. The monoisotopic (exact) mass is 261 g/mol. The summed E-state index contributed by atoms with van der Waals surface area (Å²) >= 11 is 11.6. The Kier molecular flexibility index (Phi) is 5.06. The minimum absolute atomic E-state index is 0.0257. The highest BCUT2D eigenvalue weighted by molar-refractivity contribution is 6.42. The molecule has 1 amide bonds. The first-order valence-corrected chi connectivity index (χ1v) is 5.61. The molecule has 0 saturated heterocycles. The van der Waals surface area contributed by atoms with Crippen LogP contribution in [0.1, 0.15) is 13.8 Å². The van der Waals surface area contributed by atoms with E-state index in [4.69, 9.17) is 27.9 Å². The summed E-state index contributed by atoms with van der Waals surface area (Å²) in [7, 11) is 0. The number of benzene rings is 1. The number of anilines is 1. The van der Waals surface area contributed by atoms with Gasteiger partial charge in [0, 0.05) is 5.69 Å². The van der Waals surface area contributed by atoms with Gasteiger partial charge in [-0.2, -0.15) is 0 Å². The smallest absolute Gasteiger partial charge is 0.250 e. The Morgan fingerprint density at radius 2 is 2.06 bits per heavy atom. The molecular formula is C11H13Cl2NO2. The second-order valence-electron chi connectivity index (χ2n) is 3.54. The molecule has 0 saturated carbocycles. The van der Waals surface area contributed by atoms with Crippen LogP contribution in [0.2, 0.25) is 10.0 Å². The minimum atomic E-state index is -0.216. The second kappa shape index (κ2) is 6.09. The van der Waals surface area contributed by atoms with E-state index in [1.807, 2.05) is 13.8 Å². The molecule has 0 aromatic heterocycles. The highest BCUT2D eigenvalue weighted by atomic mass is 35.5. The maximum Gasteiger partial charge on any atom is 0.250 e. The molecule has 1 aromatic carbocycles. The van der Waals surface area contributed by atoms with Gasteiger partial charge < -0.3 is 10.1 Å². The van der Waals surface area contributed by atoms with Gasteiger partial charge in [-0.25, -0.2) is 0 Å². The minimum Gasteiger partial charge on any atom is -0.369 e. The molecule has 0 heterocycles. The van der Waals surface area contributed by atoms with E-state index in [1.165, 1.54) is 0 Å². The summed E-state index contributed by atoms with van der Waals surface area (Å²) in [6.45, 7) is 3.76. The number of carbonyl (C=O) groups is 1. The molecule has 0 atom stereocenters. The molecule has 0 aliphatic rings. The number of rotatable bonds is 4. The van der Waals surface area contributed by atoms with E-state index in [0.29, 0.717) is 15.7 Å². The highest BCUT2D eigenvalue weighted by Gasteiger charge is 2.05. The van der Waals surface area contributed by atoms with E-state index in [1.54, 1.807) is 18.2 Å². The number of nitrogens with one attached hydrogen (secondary N) is 1. The van der Waals surface area contributed by atoms with Gasteiger partial charge >= 0.3 is 0 Å². The van der Waals surface area contributed by atoms with Crippen molar-refractivity contribution in [2.24, 2.45) is 0 Å². The van der Waals surface area contributed by atoms with Crippen molar-refractivity contribution in [3.8, 4) is 0 Å². The van der Waals surface area contributed by atoms with Gasteiger partial charge in [0.2, 0.25) is 5.91 Å². The van der Waals surface area contributed by atoms with Crippen LogP contribution in [0.5, 0.6) is 0 Å². The fourth-order valence-corrected chi connectivity index (χ4v) is 1.31. The zero-order valence-corrected chi connectivity index (χ0v) is 10.6. The van der Waals surface area contributed by atoms with Crippen LogP contribution in [0.3, 0.4) is 0 Å². The molecule has 0 spiro atoms. The number of halogens is 2. The van der Waals surface area contributed by atoms with Crippen molar-refractivity contribution < 1.29 is 9.53 Å². The summed E-state index contributed by atoms with van der Waals surface area (Å²) in [6, 6.07) is 4.90. The van der Waals surface area contributed by atoms with Crippen molar-refractivity contribution in [2.45, 2.75) is 20.0 Å². The lowest BCUT2D eigenvalue weighted by molar-refractivity contribution is -0.121. The van der Waals surface area contributed by atoms with Crippen LogP contribution in [0.25, 0.3) is 0 Å². The summed E-state index contributed by atoms with van der Waals surface area (Å²) in [5.41, 5.74) is 0.603. The first-order valence-electron chi connectivity index (χ1n) is 4.85. The maximum atomic E-state index is 11.4. The zero-order valence-electron chi connectivity index (χ0n) is 9.09. The van der Waals surface area contributed by atoms with E-state index in [0.717, 1.165) is 0 Å². The Morgan fingerprint density at radius 3 is 2.62 bits per heavy atom. The molecule has 88 valence electrons. The van der Waals surface area contributed by atoms with Crippen LogP contribution in [-0.2, 0) is 9.53 Å². The van der Waals surface area contributed by atoms with E-state index in [9.17, 15) is 4.79 Å². The van der Waals surface area contributed by atoms with Crippen molar-refractivity contribution >= 4 is 34.8 Å². The molecule has 1 rings (SSSR count). The Hall–Kier alpha value is -0.770. The predicted octanol–water partition coefficient (Wildman–Crippen LogP) is 3.36. The fraction of sp³-hybridized carbons (Fsp3) is 0.364. The number of ether oxygens (including phenoxy) is 1. The predicted molar refractivity (Wildman–Crippen MR) is 66.2 cm³/mol. The Bertz CT molecular complexity index is 380. The number of hydrogen-bond acceptors (Lipinski definition) is 2. The van der Waals surface area contributed by atoms with E-state index in [-0.39, 0.29) is 18.6 Å². The third-order valence-electron chi connectivity index (χ3n) is 1.75. The lowest BCUT2D eigenvalue weighted by atomic mass is 10.3. The third-order valence-corrected chi connectivity index (χ3v) is 2.49. The molecule has 1 aromatic rings. The molecule has 16 heavy (non-hydrogen) atoms. The van der Waals surface area contributed by atoms with E-state index in [2.05, 4.69) is 5.32 Å². The summed E-state index contributed by atoms with van der Waals surface area (Å²) in [5, 5.41) is 3.52. The molecule has 0 aliphatic carbocycles. The average Bonchev–Trinajstić information content (AvgIpc) is 2.21. The lowest BCUT2D eigenvalue weighted by Gasteiger charge is -2.08. The number of hydrogen-bond donors (Lipinski definition) is 1. The summed E-state index contributed by atoms with van der Waals surface area (Å²) in [6.07, 6.45) is 0.0274. The number of amides is 1. The SMILES string of the molecule is CC(C)OCC(=O)Nc1ccc(Cl)c(Cl)c1. The Labute approximate surface area is 105 Å². The molecule has 3 nitrogen and oxygen atoms in total. The molecule has 0 aliphatic heterocycles. The van der Waals surface area contributed by atoms with Crippen LogP contribution < -0.4 is 5.32 Å². The Morgan fingerprint density at radius 1 is 1.38 bits per heavy atom. The Balaban J connectivity index is 2.53. The van der Waals surface area contributed by atoms with Crippen molar-refractivity contribution in [3.05, 3.63) is 28.2 Å². The van der Waals surface area contributed by atoms with Crippen molar-refractivity contribution in [1.82, 2.24) is 0 Å². The van der Waals surface area contributed by atoms with Gasteiger partial charge in [0.1, 0.15) is 6.61 Å². The van der Waals surface area contributed by atoms with Gasteiger partial charge in [0.25, 0.3) is 0 Å². The second-order valence-corrected chi connectivity index (χ2v) is 4.35. The van der Waals surface area contributed by atoms with Crippen molar-refractivity contribution in [2.75, 3.05) is 11.9 Å². The highest BCUT2D eigenvalue weighted by Crippen LogP contribution is 2.24.